The summed E-state index contributed by atoms with van der Waals surface area (Å²) in [7, 11) is 0. The maximum absolute atomic E-state index is 5.93. The zero-order chi connectivity index (χ0) is 13.9. The summed E-state index contributed by atoms with van der Waals surface area (Å²) in [4.78, 5) is 0. The summed E-state index contributed by atoms with van der Waals surface area (Å²) < 4.78 is 5.93. The molecule has 0 bridgehead atoms. The highest BCUT2D eigenvalue weighted by molar-refractivity contribution is 5.52. The molecule has 1 atom stereocenters. The van der Waals surface area contributed by atoms with Gasteiger partial charge in [-0.2, -0.15) is 0 Å². The van der Waals surface area contributed by atoms with E-state index in [2.05, 4.69) is 61.6 Å². The summed E-state index contributed by atoms with van der Waals surface area (Å²) in [6, 6.07) is 15.1. The summed E-state index contributed by atoms with van der Waals surface area (Å²) in [5, 5.41) is 3.54. The minimum Gasteiger partial charge on any atom is -0.382 e. The predicted molar refractivity (Wildman–Crippen MR) is 83.2 cm³/mol. The van der Waals surface area contributed by atoms with Crippen LogP contribution in [0, 0.1) is 13.8 Å². The van der Waals surface area contributed by atoms with Gasteiger partial charge in [0.05, 0.1) is 12.7 Å². The van der Waals surface area contributed by atoms with E-state index in [1.807, 2.05) is 0 Å². The number of nitrogens with one attached hydrogen (secondary N) is 1. The highest BCUT2D eigenvalue weighted by atomic mass is 16.5. The van der Waals surface area contributed by atoms with Gasteiger partial charge in [0.2, 0.25) is 0 Å². The Hall–Kier alpha value is -1.80. The average Bonchev–Trinajstić information content (AvgIpc) is 2.48. The number of hydrogen-bond donors (Lipinski definition) is 1. The lowest BCUT2D eigenvalue weighted by molar-refractivity contribution is 0.0513. The van der Waals surface area contributed by atoms with Crippen molar-refractivity contribution in [1.29, 1.82) is 0 Å². The predicted octanol–water partition coefficient (Wildman–Crippen LogP) is 4.03. The number of benzene rings is 2. The van der Waals surface area contributed by atoms with Crippen LogP contribution in [-0.2, 0) is 11.2 Å². The molecule has 0 radical (unpaired) electrons. The summed E-state index contributed by atoms with van der Waals surface area (Å²) in [6.07, 6.45) is 1.18. The molecule has 0 fully saturated rings. The molecule has 0 aliphatic carbocycles. The lowest BCUT2D eigenvalue weighted by atomic mass is 9.97. The third kappa shape index (κ3) is 2.70. The maximum Gasteiger partial charge on any atom is 0.0999 e. The first kappa shape index (κ1) is 13.2. The van der Waals surface area contributed by atoms with E-state index in [9.17, 15) is 0 Å². The molecular weight excluding hydrogens is 246 g/mol. The maximum atomic E-state index is 5.93. The van der Waals surface area contributed by atoms with Crippen LogP contribution in [0.5, 0.6) is 0 Å². The van der Waals surface area contributed by atoms with Gasteiger partial charge in [-0.15, -0.1) is 0 Å². The van der Waals surface area contributed by atoms with Crippen molar-refractivity contribution in [2.24, 2.45) is 0 Å². The van der Waals surface area contributed by atoms with Crippen LogP contribution in [0.3, 0.4) is 0 Å². The number of rotatable bonds is 3. The Morgan fingerprint density at radius 3 is 2.90 bits per heavy atom. The quantitative estimate of drug-likeness (QED) is 0.906. The van der Waals surface area contributed by atoms with Gasteiger partial charge in [0.1, 0.15) is 0 Å². The van der Waals surface area contributed by atoms with E-state index in [0.29, 0.717) is 0 Å². The van der Waals surface area contributed by atoms with Crippen LogP contribution in [0.25, 0.3) is 0 Å². The molecule has 2 heteroatoms. The lowest BCUT2D eigenvalue weighted by Crippen LogP contribution is -2.22. The van der Waals surface area contributed by atoms with Crippen LogP contribution in [0.2, 0.25) is 0 Å². The topological polar surface area (TPSA) is 21.3 Å². The van der Waals surface area contributed by atoms with Crippen LogP contribution < -0.4 is 5.32 Å². The smallest absolute Gasteiger partial charge is 0.0999 e. The fourth-order valence-corrected chi connectivity index (χ4v) is 2.77. The van der Waals surface area contributed by atoms with Gasteiger partial charge in [-0.1, -0.05) is 36.4 Å². The minimum absolute atomic E-state index is 0.153. The van der Waals surface area contributed by atoms with Gasteiger partial charge in [-0.3, -0.25) is 0 Å². The van der Waals surface area contributed by atoms with Crippen molar-refractivity contribution in [2.45, 2.75) is 26.4 Å². The van der Waals surface area contributed by atoms with Crippen LogP contribution >= 0.6 is 0 Å². The molecule has 2 aromatic rings. The van der Waals surface area contributed by atoms with Crippen LogP contribution in [0.4, 0.5) is 5.69 Å². The Morgan fingerprint density at radius 2 is 2.00 bits per heavy atom. The van der Waals surface area contributed by atoms with Gasteiger partial charge < -0.3 is 10.1 Å². The molecule has 1 heterocycles. The van der Waals surface area contributed by atoms with Crippen molar-refractivity contribution in [2.75, 3.05) is 18.5 Å². The van der Waals surface area contributed by atoms with Crippen molar-refractivity contribution in [3.8, 4) is 0 Å². The average molecular weight is 267 g/mol. The molecule has 1 N–H and O–H groups in total. The SMILES string of the molecule is Cc1ccc(C)c(NCC2OCCc3ccccc32)c1. The fraction of sp³-hybridized carbons (Fsp3) is 0.333. The van der Waals surface area contributed by atoms with Crippen LogP contribution in [-0.4, -0.2) is 13.2 Å². The molecule has 104 valence electrons. The Labute approximate surface area is 120 Å². The van der Waals surface area contributed by atoms with Gasteiger partial charge in [-0.25, -0.2) is 0 Å². The lowest BCUT2D eigenvalue weighted by Gasteiger charge is -2.27. The second-order valence-corrected chi connectivity index (χ2v) is 5.51. The molecule has 1 aliphatic heterocycles. The van der Waals surface area contributed by atoms with E-state index in [1.54, 1.807) is 0 Å². The van der Waals surface area contributed by atoms with Crippen molar-refractivity contribution in [1.82, 2.24) is 0 Å². The van der Waals surface area contributed by atoms with E-state index >= 15 is 0 Å². The zero-order valence-electron chi connectivity index (χ0n) is 12.1. The molecule has 0 spiro atoms. The minimum atomic E-state index is 0.153. The molecule has 1 unspecified atom stereocenters. The largest absolute Gasteiger partial charge is 0.382 e. The summed E-state index contributed by atoms with van der Waals surface area (Å²) in [5.41, 5.74) is 6.52. The number of fused-ring (bicyclic) bond motifs is 1. The molecule has 0 saturated carbocycles. The monoisotopic (exact) mass is 267 g/mol. The third-order valence-electron chi connectivity index (χ3n) is 3.96. The van der Waals surface area contributed by atoms with Gasteiger partial charge in [0.25, 0.3) is 0 Å². The third-order valence-corrected chi connectivity index (χ3v) is 3.96. The van der Waals surface area contributed by atoms with E-state index in [4.69, 9.17) is 4.74 Å². The first-order chi connectivity index (χ1) is 9.74. The van der Waals surface area contributed by atoms with Crippen molar-refractivity contribution < 1.29 is 4.74 Å². The van der Waals surface area contributed by atoms with Crippen molar-refractivity contribution in [3.05, 3.63) is 64.7 Å². The van der Waals surface area contributed by atoms with E-state index in [0.717, 1.165) is 19.6 Å². The van der Waals surface area contributed by atoms with Gasteiger partial charge in [0, 0.05) is 12.2 Å². The molecule has 1 aliphatic rings. The van der Waals surface area contributed by atoms with Gasteiger partial charge >= 0.3 is 0 Å². The molecule has 3 rings (SSSR count). The Balaban J connectivity index is 1.75. The standard InChI is InChI=1S/C18H21NO/c1-13-7-8-14(2)17(11-13)19-12-18-16-6-4-3-5-15(16)9-10-20-18/h3-8,11,18-19H,9-10,12H2,1-2H3. The second-order valence-electron chi connectivity index (χ2n) is 5.51. The molecular formula is C18H21NO. The molecule has 20 heavy (non-hydrogen) atoms. The molecule has 0 saturated heterocycles. The van der Waals surface area contributed by atoms with Gasteiger partial charge in [-0.05, 0) is 48.6 Å². The number of anilines is 1. The molecule has 0 amide bonds. The molecule has 2 nitrogen and oxygen atoms in total. The van der Waals surface area contributed by atoms with Gasteiger partial charge in [0.15, 0.2) is 0 Å². The number of ether oxygens (including phenoxy) is 1. The molecule has 0 aromatic heterocycles. The van der Waals surface area contributed by atoms with E-state index < -0.39 is 0 Å². The Morgan fingerprint density at radius 1 is 1.15 bits per heavy atom. The summed E-state index contributed by atoms with van der Waals surface area (Å²) in [6.45, 7) is 5.89. The fourth-order valence-electron chi connectivity index (χ4n) is 2.77. The first-order valence-corrected chi connectivity index (χ1v) is 7.24. The van der Waals surface area contributed by atoms with Crippen LogP contribution in [0.1, 0.15) is 28.4 Å². The van der Waals surface area contributed by atoms with E-state index in [1.165, 1.54) is 27.9 Å². The highest BCUT2D eigenvalue weighted by Crippen LogP contribution is 2.27. The summed E-state index contributed by atoms with van der Waals surface area (Å²) >= 11 is 0. The van der Waals surface area contributed by atoms with E-state index in [-0.39, 0.29) is 6.10 Å². The summed E-state index contributed by atoms with van der Waals surface area (Å²) in [5.74, 6) is 0. The van der Waals surface area contributed by atoms with Crippen molar-refractivity contribution >= 4 is 5.69 Å². The second kappa shape index (κ2) is 5.68. The highest BCUT2D eigenvalue weighted by Gasteiger charge is 2.20. The molecule has 2 aromatic carbocycles. The van der Waals surface area contributed by atoms with Crippen molar-refractivity contribution in [3.63, 3.8) is 0 Å². The first-order valence-electron chi connectivity index (χ1n) is 7.24. The normalized spacial score (nSPS) is 17.6. The zero-order valence-corrected chi connectivity index (χ0v) is 12.1. The number of hydrogen-bond acceptors (Lipinski definition) is 2. The number of aryl methyl sites for hydroxylation is 2. The Bertz CT molecular complexity index is 606. The Kier molecular flexibility index (Phi) is 3.75. The van der Waals surface area contributed by atoms with Crippen LogP contribution in [0.15, 0.2) is 42.5 Å².